The fourth-order valence-corrected chi connectivity index (χ4v) is 2.02. The molecule has 1 rings (SSSR count). The highest BCUT2D eigenvalue weighted by atomic mass is 127. The van der Waals surface area contributed by atoms with E-state index in [0.29, 0.717) is 12.0 Å². The summed E-state index contributed by atoms with van der Waals surface area (Å²) in [5, 5.41) is 0. The van der Waals surface area contributed by atoms with Crippen molar-refractivity contribution in [3.05, 3.63) is 21.2 Å². The van der Waals surface area contributed by atoms with Gasteiger partial charge in [-0.05, 0) is 10.1 Å². The normalized spacial score (nSPS) is 17.9. The maximum Gasteiger partial charge on any atom is 0.155 e. The van der Waals surface area contributed by atoms with Gasteiger partial charge in [0.25, 0.3) is 0 Å². The maximum atomic E-state index is 12.4. The first kappa shape index (κ1) is 7.59. The van der Waals surface area contributed by atoms with Gasteiger partial charge in [-0.2, -0.15) is 0 Å². The smallest absolute Gasteiger partial charge is 0.155 e. The summed E-state index contributed by atoms with van der Waals surface area (Å²) >= 11 is -0.694. The first-order valence-corrected chi connectivity index (χ1v) is 4.85. The molecule has 0 aromatic rings. The molecule has 0 radical (unpaired) electrons. The molecule has 0 aliphatic carbocycles. The Kier molecular flexibility index (Phi) is 2.31. The zero-order chi connectivity index (χ0) is 7.56. The molecule has 0 spiro atoms. The molecule has 0 aromatic heterocycles. The Labute approximate surface area is 67.3 Å². The summed E-state index contributed by atoms with van der Waals surface area (Å²) in [5.41, 5.74) is 6.02. The number of carbonyl (C=O) groups excluding carboxylic acids is 1. The minimum Gasteiger partial charge on any atom is -0.398 e. The van der Waals surface area contributed by atoms with Crippen LogP contribution < -0.4 is 5.73 Å². The van der Waals surface area contributed by atoms with E-state index >= 15 is 0 Å². The molecule has 54 valence electrons. The summed E-state index contributed by atoms with van der Waals surface area (Å²) in [6.07, 6.45) is 1.77. The fraction of sp³-hybridized carbons (Fsp3) is 0. The van der Waals surface area contributed by atoms with Gasteiger partial charge in [0, 0.05) is 11.3 Å². The molecule has 0 unspecified atom stereocenters. The lowest BCUT2D eigenvalue weighted by molar-refractivity contribution is -0.104. The summed E-state index contributed by atoms with van der Waals surface area (Å²) in [6.45, 7) is 0. The minimum absolute atomic E-state index is 0.213. The lowest BCUT2D eigenvalue weighted by Gasteiger charge is -2.00. The first-order chi connectivity index (χ1) is 4.74. The van der Waals surface area contributed by atoms with Gasteiger partial charge in [0.1, 0.15) is 0 Å². The minimum atomic E-state index is -0.694. The highest BCUT2D eigenvalue weighted by Gasteiger charge is 2.03. The third kappa shape index (κ3) is 1.50. The van der Waals surface area contributed by atoms with Crippen molar-refractivity contribution in [3.8, 4) is 0 Å². The van der Waals surface area contributed by atoms with Gasteiger partial charge in [-0.25, -0.2) is 4.39 Å². The summed E-state index contributed by atoms with van der Waals surface area (Å²) in [6, 6.07) is 0. The Hall–Kier alpha value is -0.520. The standard InChI is InChI=1S/C6H5FINO/c7-6-1-4(3-10)5(9)2-8-6/h1-3H,9H2. The Morgan fingerprint density at radius 2 is 2.40 bits per heavy atom. The number of carbonyl (C=O) groups is 1. The molecule has 2 nitrogen and oxygen atoms in total. The van der Waals surface area contributed by atoms with Crippen molar-refractivity contribution in [2.24, 2.45) is 5.73 Å². The molecule has 0 atom stereocenters. The van der Waals surface area contributed by atoms with Gasteiger partial charge in [0.05, 0.1) is 0 Å². The number of halogens is 2. The second-order valence-corrected chi connectivity index (χ2v) is 3.96. The Bertz CT molecular complexity index is 254. The monoisotopic (exact) mass is 253 g/mol. The van der Waals surface area contributed by atoms with Crippen LogP contribution in [0.3, 0.4) is 0 Å². The highest BCUT2D eigenvalue weighted by molar-refractivity contribution is 14.2. The van der Waals surface area contributed by atoms with Crippen molar-refractivity contribution in [3.63, 3.8) is 0 Å². The third-order valence-corrected chi connectivity index (χ3v) is 2.89. The SMILES string of the molecule is NC1=C(C=O)C=C(F)I=C1. The number of hydrogen-bond acceptors (Lipinski definition) is 2. The van der Waals surface area contributed by atoms with E-state index in [-0.39, 0.29) is 9.41 Å². The van der Waals surface area contributed by atoms with Gasteiger partial charge >= 0.3 is 0 Å². The van der Waals surface area contributed by atoms with Crippen LogP contribution in [0.1, 0.15) is 0 Å². The van der Waals surface area contributed by atoms with Crippen molar-refractivity contribution in [2.45, 2.75) is 0 Å². The third-order valence-electron chi connectivity index (χ3n) is 1.00. The predicted octanol–water partition coefficient (Wildman–Crippen LogP) is 0.996. The van der Waals surface area contributed by atoms with E-state index in [0.717, 1.165) is 0 Å². The van der Waals surface area contributed by atoms with E-state index in [1.807, 2.05) is 0 Å². The number of allylic oxidation sites excluding steroid dienone is 3. The van der Waals surface area contributed by atoms with Gasteiger partial charge in [-0.1, -0.05) is 20.7 Å². The van der Waals surface area contributed by atoms with Gasteiger partial charge < -0.3 is 5.73 Å². The van der Waals surface area contributed by atoms with E-state index in [4.69, 9.17) is 5.73 Å². The second kappa shape index (κ2) is 3.05. The van der Waals surface area contributed by atoms with Crippen LogP contribution in [0.4, 0.5) is 4.39 Å². The van der Waals surface area contributed by atoms with Crippen LogP contribution in [-0.2, 0) is 4.79 Å². The zero-order valence-electron chi connectivity index (χ0n) is 4.97. The average molecular weight is 253 g/mol. The summed E-state index contributed by atoms with van der Waals surface area (Å²) in [7, 11) is 0. The van der Waals surface area contributed by atoms with Crippen LogP contribution in [-0.4, -0.2) is 10.3 Å². The zero-order valence-corrected chi connectivity index (χ0v) is 7.13. The Morgan fingerprint density at radius 1 is 1.70 bits per heavy atom. The van der Waals surface area contributed by atoms with Crippen LogP contribution in [0.5, 0.6) is 0 Å². The van der Waals surface area contributed by atoms with Crippen molar-refractivity contribution >= 4 is 31.0 Å². The van der Waals surface area contributed by atoms with Crippen LogP contribution >= 0.6 is 20.7 Å². The Morgan fingerprint density at radius 3 is 2.90 bits per heavy atom. The molecule has 0 bridgehead atoms. The van der Waals surface area contributed by atoms with Crippen LogP contribution in [0, 0.1) is 0 Å². The molecule has 2 N–H and O–H groups in total. The summed E-state index contributed by atoms with van der Waals surface area (Å²) < 4.78 is 13.8. The van der Waals surface area contributed by atoms with Crippen molar-refractivity contribution < 1.29 is 9.18 Å². The Balaban J connectivity index is 3.07. The van der Waals surface area contributed by atoms with Gasteiger partial charge in [-0.15, -0.1) is 0 Å². The number of rotatable bonds is 1. The molecule has 0 saturated carbocycles. The molecule has 1 heterocycles. The molecule has 0 saturated heterocycles. The van der Waals surface area contributed by atoms with Crippen molar-refractivity contribution in [1.29, 1.82) is 0 Å². The van der Waals surface area contributed by atoms with E-state index in [1.165, 1.54) is 6.08 Å². The number of hydrogen-bond donors (Lipinski definition) is 1. The fourth-order valence-electron chi connectivity index (χ4n) is 0.508. The largest absolute Gasteiger partial charge is 0.398 e. The van der Waals surface area contributed by atoms with Crippen molar-refractivity contribution in [2.75, 3.05) is 0 Å². The van der Waals surface area contributed by atoms with Crippen LogP contribution in [0.25, 0.3) is 0 Å². The van der Waals surface area contributed by atoms with Crippen LogP contribution in [0.2, 0.25) is 0 Å². The maximum absolute atomic E-state index is 12.4. The molecule has 1 aliphatic heterocycles. The molecule has 1 aliphatic rings. The van der Waals surface area contributed by atoms with Gasteiger partial charge in [-0.3, -0.25) is 4.79 Å². The molecular formula is C6H5FINO. The molecule has 0 fully saturated rings. The molecule has 10 heavy (non-hydrogen) atoms. The van der Waals surface area contributed by atoms with Crippen molar-refractivity contribution in [1.82, 2.24) is 0 Å². The average Bonchev–Trinajstić information content (AvgIpc) is 1.94. The summed E-state index contributed by atoms with van der Waals surface area (Å²) in [4.78, 5) is 10.2. The molecule has 4 heteroatoms. The predicted molar refractivity (Wildman–Crippen MR) is 46.6 cm³/mol. The topological polar surface area (TPSA) is 43.1 Å². The lowest BCUT2D eigenvalue weighted by atomic mass is 10.2. The highest BCUT2D eigenvalue weighted by Crippen LogP contribution is 2.22. The first-order valence-electron chi connectivity index (χ1n) is 2.53. The lowest BCUT2D eigenvalue weighted by Crippen LogP contribution is -2.04. The molecule has 0 aromatic carbocycles. The summed E-state index contributed by atoms with van der Waals surface area (Å²) in [5.74, 6) is 0. The number of nitrogens with two attached hydrogens (primary N) is 1. The van der Waals surface area contributed by atoms with E-state index in [1.54, 1.807) is 4.01 Å². The van der Waals surface area contributed by atoms with Gasteiger partial charge in [0.15, 0.2) is 10.1 Å². The quantitative estimate of drug-likeness (QED) is 0.559. The van der Waals surface area contributed by atoms with E-state index < -0.39 is 20.7 Å². The van der Waals surface area contributed by atoms with Gasteiger partial charge in [0.2, 0.25) is 0 Å². The van der Waals surface area contributed by atoms with Crippen LogP contribution in [0.15, 0.2) is 21.2 Å². The molecule has 0 amide bonds. The second-order valence-electron chi connectivity index (χ2n) is 1.68. The van der Waals surface area contributed by atoms with E-state index in [9.17, 15) is 9.18 Å². The number of aldehydes is 1. The molecular weight excluding hydrogens is 248 g/mol. The van der Waals surface area contributed by atoms with E-state index in [2.05, 4.69) is 0 Å².